The Labute approximate surface area is 102 Å². The van der Waals surface area contributed by atoms with Gasteiger partial charge in [0.25, 0.3) is 0 Å². The molecular formula is C16H17N. The van der Waals surface area contributed by atoms with Crippen LogP contribution in [0.2, 0.25) is 0 Å². The number of hydrogen-bond acceptors (Lipinski definition) is 1. The first-order chi connectivity index (χ1) is 8.34. The predicted octanol–water partition coefficient (Wildman–Crippen LogP) is 4.35. The summed E-state index contributed by atoms with van der Waals surface area (Å²) in [5, 5.41) is 3.64. The van der Waals surface area contributed by atoms with Crippen molar-refractivity contribution < 1.29 is 0 Å². The zero-order valence-corrected chi connectivity index (χ0v) is 10.1. The molecule has 1 aliphatic rings. The van der Waals surface area contributed by atoms with Crippen LogP contribution in [-0.4, -0.2) is 0 Å². The van der Waals surface area contributed by atoms with Crippen LogP contribution in [0.1, 0.15) is 36.4 Å². The largest absolute Gasteiger partial charge is 0.378 e. The van der Waals surface area contributed by atoms with E-state index >= 15 is 0 Å². The highest BCUT2D eigenvalue weighted by Gasteiger charge is 2.23. The highest BCUT2D eigenvalue weighted by Crippen LogP contribution is 2.39. The van der Waals surface area contributed by atoms with Crippen LogP contribution in [0, 0.1) is 0 Å². The quantitative estimate of drug-likeness (QED) is 0.758. The summed E-state index contributed by atoms with van der Waals surface area (Å²) in [6.07, 6.45) is 1.17. The summed E-state index contributed by atoms with van der Waals surface area (Å²) in [4.78, 5) is 0. The molecule has 0 saturated heterocycles. The fourth-order valence-electron chi connectivity index (χ4n) is 2.69. The molecule has 1 nitrogen and oxygen atoms in total. The standard InChI is InChI=1S/C16H17N/c1-12-11-16(13-7-3-2-4-8-13)17-15-10-6-5-9-14(12)15/h2-10,12,16-17H,11H2,1H3/t12-,16-/m1/s1. The maximum Gasteiger partial charge on any atom is 0.0519 e. The second-order valence-corrected chi connectivity index (χ2v) is 4.83. The first-order valence-corrected chi connectivity index (χ1v) is 6.25. The van der Waals surface area contributed by atoms with Gasteiger partial charge in [-0.15, -0.1) is 0 Å². The molecule has 86 valence electrons. The van der Waals surface area contributed by atoms with Crippen LogP contribution < -0.4 is 5.32 Å². The molecule has 0 unspecified atom stereocenters. The molecule has 17 heavy (non-hydrogen) atoms. The lowest BCUT2D eigenvalue weighted by molar-refractivity contribution is 0.579. The summed E-state index contributed by atoms with van der Waals surface area (Å²) in [5.74, 6) is 0.623. The SMILES string of the molecule is C[C@@H]1C[C@H](c2ccccc2)Nc2ccccc21. The number of anilines is 1. The van der Waals surface area contributed by atoms with E-state index in [0.29, 0.717) is 12.0 Å². The average Bonchev–Trinajstić information content (AvgIpc) is 2.40. The Morgan fingerprint density at radius 2 is 1.65 bits per heavy atom. The number of rotatable bonds is 1. The zero-order valence-electron chi connectivity index (χ0n) is 10.1. The topological polar surface area (TPSA) is 12.0 Å². The van der Waals surface area contributed by atoms with Crippen LogP contribution in [0.15, 0.2) is 54.6 Å². The van der Waals surface area contributed by atoms with Gasteiger partial charge in [-0.05, 0) is 29.5 Å². The minimum atomic E-state index is 0.445. The van der Waals surface area contributed by atoms with Crippen molar-refractivity contribution >= 4 is 5.69 Å². The van der Waals surface area contributed by atoms with Crippen LogP contribution in [0.25, 0.3) is 0 Å². The molecule has 0 spiro atoms. The second-order valence-electron chi connectivity index (χ2n) is 4.83. The lowest BCUT2D eigenvalue weighted by Crippen LogP contribution is -2.20. The first kappa shape index (κ1) is 10.4. The number of benzene rings is 2. The van der Waals surface area contributed by atoms with Gasteiger partial charge in [-0.2, -0.15) is 0 Å². The first-order valence-electron chi connectivity index (χ1n) is 6.25. The molecule has 0 amide bonds. The molecule has 0 fully saturated rings. The van der Waals surface area contributed by atoms with Gasteiger partial charge in [-0.1, -0.05) is 55.5 Å². The van der Waals surface area contributed by atoms with Gasteiger partial charge in [0.15, 0.2) is 0 Å². The molecule has 1 heteroatoms. The summed E-state index contributed by atoms with van der Waals surface area (Å²) < 4.78 is 0. The molecule has 1 aliphatic heterocycles. The Bertz CT molecular complexity index is 504. The molecule has 3 rings (SSSR count). The Morgan fingerprint density at radius 1 is 0.941 bits per heavy atom. The lowest BCUT2D eigenvalue weighted by atomic mass is 9.86. The summed E-state index contributed by atoms with van der Waals surface area (Å²) in [7, 11) is 0. The van der Waals surface area contributed by atoms with E-state index in [1.54, 1.807) is 0 Å². The van der Waals surface area contributed by atoms with E-state index in [1.807, 2.05) is 0 Å². The Morgan fingerprint density at radius 3 is 2.47 bits per heavy atom. The van der Waals surface area contributed by atoms with Crippen molar-refractivity contribution in [3.63, 3.8) is 0 Å². The van der Waals surface area contributed by atoms with Crippen molar-refractivity contribution in [3.8, 4) is 0 Å². The van der Waals surface area contributed by atoms with Crippen molar-refractivity contribution in [2.45, 2.75) is 25.3 Å². The van der Waals surface area contributed by atoms with Gasteiger partial charge in [0.05, 0.1) is 6.04 Å². The fourth-order valence-corrected chi connectivity index (χ4v) is 2.69. The Kier molecular flexibility index (Phi) is 2.60. The van der Waals surface area contributed by atoms with Gasteiger partial charge < -0.3 is 5.32 Å². The van der Waals surface area contributed by atoms with E-state index < -0.39 is 0 Å². The van der Waals surface area contributed by atoms with E-state index in [2.05, 4.69) is 66.8 Å². The number of para-hydroxylation sites is 1. The minimum absolute atomic E-state index is 0.445. The van der Waals surface area contributed by atoms with Gasteiger partial charge in [-0.25, -0.2) is 0 Å². The number of hydrogen-bond donors (Lipinski definition) is 1. The fraction of sp³-hybridized carbons (Fsp3) is 0.250. The third kappa shape index (κ3) is 1.93. The minimum Gasteiger partial charge on any atom is -0.378 e. The normalized spacial score (nSPS) is 22.6. The molecule has 0 radical (unpaired) electrons. The maximum atomic E-state index is 3.64. The molecule has 0 aromatic heterocycles. The van der Waals surface area contributed by atoms with E-state index in [1.165, 1.54) is 23.2 Å². The third-order valence-corrected chi connectivity index (χ3v) is 3.61. The van der Waals surface area contributed by atoms with Crippen molar-refractivity contribution in [1.29, 1.82) is 0 Å². The maximum absolute atomic E-state index is 3.64. The molecule has 2 atom stereocenters. The van der Waals surface area contributed by atoms with Crippen molar-refractivity contribution in [3.05, 3.63) is 65.7 Å². The van der Waals surface area contributed by atoms with Crippen LogP contribution in [0.5, 0.6) is 0 Å². The van der Waals surface area contributed by atoms with Crippen molar-refractivity contribution in [2.24, 2.45) is 0 Å². The van der Waals surface area contributed by atoms with Gasteiger partial charge >= 0.3 is 0 Å². The number of fused-ring (bicyclic) bond motifs is 1. The summed E-state index contributed by atoms with van der Waals surface area (Å²) in [5.41, 5.74) is 4.12. The molecule has 2 aromatic carbocycles. The highest BCUT2D eigenvalue weighted by atomic mass is 14.9. The summed E-state index contributed by atoms with van der Waals surface area (Å²) >= 11 is 0. The van der Waals surface area contributed by atoms with E-state index in [-0.39, 0.29) is 0 Å². The molecule has 2 aromatic rings. The lowest BCUT2D eigenvalue weighted by Gasteiger charge is -2.31. The van der Waals surface area contributed by atoms with Gasteiger partial charge in [0.2, 0.25) is 0 Å². The number of nitrogens with one attached hydrogen (secondary N) is 1. The molecule has 0 saturated carbocycles. The smallest absolute Gasteiger partial charge is 0.0519 e. The van der Waals surface area contributed by atoms with E-state index in [0.717, 1.165) is 0 Å². The zero-order chi connectivity index (χ0) is 11.7. The highest BCUT2D eigenvalue weighted by molar-refractivity contribution is 5.56. The average molecular weight is 223 g/mol. The van der Waals surface area contributed by atoms with Gasteiger partial charge in [0.1, 0.15) is 0 Å². The summed E-state index contributed by atoms with van der Waals surface area (Å²) in [6.45, 7) is 2.32. The third-order valence-electron chi connectivity index (χ3n) is 3.61. The molecular weight excluding hydrogens is 206 g/mol. The Balaban J connectivity index is 1.94. The van der Waals surface area contributed by atoms with E-state index in [4.69, 9.17) is 0 Å². The second kappa shape index (κ2) is 4.25. The van der Waals surface area contributed by atoms with Gasteiger partial charge in [-0.3, -0.25) is 0 Å². The van der Waals surface area contributed by atoms with Gasteiger partial charge in [0, 0.05) is 5.69 Å². The van der Waals surface area contributed by atoms with Crippen LogP contribution in [0.3, 0.4) is 0 Å². The molecule has 0 bridgehead atoms. The predicted molar refractivity (Wildman–Crippen MR) is 72.3 cm³/mol. The molecule has 1 heterocycles. The van der Waals surface area contributed by atoms with Crippen LogP contribution >= 0.6 is 0 Å². The summed E-state index contributed by atoms with van der Waals surface area (Å²) in [6, 6.07) is 19.8. The molecule has 0 aliphatic carbocycles. The van der Waals surface area contributed by atoms with Crippen molar-refractivity contribution in [2.75, 3.05) is 5.32 Å². The van der Waals surface area contributed by atoms with Crippen LogP contribution in [-0.2, 0) is 0 Å². The van der Waals surface area contributed by atoms with Crippen molar-refractivity contribution in [1.82, 2.24) is 0 Å². The van der Waals surface area contributed by atoms with Crippen LogP contribution in [0.4, 0.5) is 5.69 Å². The van der Waals surface area contributed by atoms with E-state index in [9.17, 15) is 0 Å². The monoisotopic (exact) mass is 223 g/mol. The Hall–Kier alpha value is -1.76. The molecule has 1 N–H and O–H groups in total.